The highest BCUT2D eigenvalue weighted by molar-refractivity contribution is 5.96. The molecule has 2 rings (SSSR count). The van der Waals surface area contributed by atoms with Crippen LogP contribution < -0.4 is 0 Å². The van der Waals surface area contributed by atoms with Crippen LogP contribution in [0.15, 0.2) is 0 Å². The number of cyclic esters (lactones) is 3. The van der Waals surface area contributed by atoms with E-state index < -0.39 is 29.2 Å². The molecule has 5 nitrogen and oxygen atoms in total. The third-order valence-electron chi connectivity index (χ3n) is 3.53. The normalized spacial score (nSPS) is 38.8. The minimum Gasteiger partial charge on any atom is -0.465 e. The second kappa shape index (κ2) is 3.57. The van der Waals surface area contributed by atoms with Gasteiger partial charge in [-0.3, -0.25) is 14.4 Å². The molecule has 16 heavy (non-hydrogen) atoms. The van der Waals surface area contributed by atoms with Crippen molar-refractivity contribution in [1.82, 2.24) is 0 Å². The van der Waals surface area contributed by atoms with Gasteiger partial charge >= 0.3 is 17.9 Å². The van der Waals surface area contributed by atoms with E-state index >= 15 is 0 Å². The molecule has 0 amide bonds. The lowest BCUT2D eigenvalue weighted by Crippen LogP contribution is -2.29. The van der Waals surface area contributed by atoms with Crippen LogP contribution in [-0.2, 0) is 23.9 Å². The third kappa shape index (κ3) is 1.60. The van der Waals surface area contributed by atoms with E-state index in [1.54, 1.807) is 13.8 Å². The smallest absolute Gasteiger partial charge is 0.317 e. The zero-order valence-corrected chi connectivity index (χ0v) is 9.32. The van der Waals surface area contributed by atoms with E-state index in [1.807, 2.05) is 0 Å². The Balaban J connectivity index is 2.12. The van der Waals surface area contributed by atoms with Gasteiger partial charge < -0.3 is 9.47 Å². The monoisotopic (exact) mass is 226 g/mol. The lowest BCUT2D eigenvalue weighted by molar-refractivity contribution is -0.154. The van der Waals surface area contributed by atoms with Crippen LogP contribution in [0.4, 0.5) is 0 Å². The van der Waals surface area contributed by atoms with Gasteiger partial charge in [0.25, 0.3) is 0 Å². The quantitative estimate of drug-likeness (QED) is 0.511. The molecule has 0 aromatic heterocycles. The Bertz CT molecular complexity index is 361. The number of ether oxygens (including phenoxy) is 2. The fourth-order valence-corrected chi connectivity index (χ4v) is 2.21. The summed E-state index contributed by atoms with van der Waals surface area (Å²) in [7, 11) is 0. The molecule has 0 radical (unpaired) electrons. The SMILES string of the molecule is CC1C(=O)OC(=O)C1CC1(C)CCOC1=O. The third-order valence-corrected chi connectivity index (χ3v) is 3.53. The highest BCUT2D eigenvalue weighted by Gasteiger charge is 2.49. The summed E-state index contributed by atoms with van der Waals surface area (Å²) < 4.78 is 9.45. The molecule has 3 atom stereocenters. The Morgan fingerprint density at radius 1 is 1.31 bits per heavy atom. The average molecular weight is 226 g/mol. The van der Waals surface area contributed by atoms with Crippen molar-refractivity contribution in [2.45, 2.75) is 26.7 Å². The van der Waals surface area contributed by atoms with Gasteiger partial charge in [-0.15, -0.1) is 0 Å². The van der Waals surface area contributed by atoms with Crippen molar-refractivity contribution in [2.24, 2.45) is 17.3 Å². The first-order chi connectivity index (χ1) is 7.44. The van der Waals surface area contributed by atoms with Crippen molar-refractivity contribution < 1.29 is 23.9 Å². The zero-order chi connectivity index (χ0) is 11.9. The standard InChI is InChI=1S/C11H14O5/c1-6-7(9(13)16-8(6)12)5-11(2)3-4-15-10(11)14/h6-7H,3-5H2,1-2H3. The van der Waals surface area contributed by atoms with Crippen molar-refractivity contribution in [2.75, 3.05) is 6.61 Å². The van der Waals surface area contributed by atoms with E-state index in [0.29, 0.717) is 19.4 Å². The Labute approximate surface area is 93.1 Å². The molecular weight excluding hydrogens is 212 g/mol. The van der Waals surface area contributed by atoms with Gasteiger partial charge in [0.1, 0.15) is 0 Å². The molecule has 2 aliphatic rings. The Hall–Kier alpha value is -1.39. The predicted octanol–water partition coefficient (Wildman–Crippen LogP) is 0.665. The predicted molar refractivity (Wildman–Crippen MR) is 52.1 cm³/mol. The van der Waals surface area contributed by atoms with Crippen LogP contribution in [0.5, 0.6) is 0 Å². The minimum atomic E-state index is -0.650. The highest BCUT2D eigenvalue weighted by atomic mass is 16.6. The summed E-state index contributed by atoms with van der Waals surface area (Å²) >= 11 is 0. The van der Waals surface area contributed by atoms with Crippen LogP contribution >= 0.6 is 0 Å². The number of carbonyl (C=O) groups is 3. The molecule has 0 aromatic rings. The van der Waals surface area contributed by atoms with Crippen LogP contribution in [0.25, 0.3) is 0 Å². The van der Waals surface area contributed by atoms with Gasteiger partial charge in [0.15, 0.2) is 0 Å². The number of rotatable bonds is 2. The lowest BCUT2D eigenvalue weighted by Gasteiger charge is -2.22. The first kappa shape index (κ1) is 11.1. The topological polar surface area (TPSA) is 69.7 Å². The van der Waals surface area contributed by atoms with Gasteiger partial charge in [-0.25, -0.2) is 0 Å². The minimum absolute atomic E-state index is 0.285. The van der Waals surface area contributed by atoms with Crippen molar-refractivity contribution in [3.05, 3.63) is 0 Å². The Kier molecular flexibility index (Phi) is 2.48. The van der Waals surface area contributed by atoms with E-state index in [1.165, 1.54) is 0 Å². The van der Waals surface area contributed by atoms with Crippen LogP contribution in [-0.4, -0.2) is 24.5 Å². The van der Waals surface area contributed by atoms with E-state index in [4.69, 9.17) is 4.74 Å². The van der Waals surface area contributed by atoms with Crippen LogP contribution in [0.3, 0.4) is 0 Å². The summed E-state index contributed by atoms with van der Waals surface area (Å²) in [6.07, 6.45) is 0.925. The maximum absolute atomic E-state index is 11.5. The van der Waals surface area contributed by atoms with E-state index in [2.05, 4.69) is 4.74 Å². The molecule has 0 saturated carbocycles. The first-order valence-corrected chi connectivity index (χ1v) is 5.37. The van der Waals surface area contributed by atoms with Crippen molar-refractivity contribution >= 4 is 17.9 Å². The van der Waals surface area contributed by atoms with E-state index in [9.17, 15) is 14.4 Å². The molecular formula is C11H14O5. The summed E-state index contributed by atoms with van der Waals surface area (Å²) in [6.45, 7) is 3.81. The molecule has 2 aliphatic heterocycles. The molecule has 2 saturated heterocycles. The fraction of sp³-hybridized carbons (Fsp3) is 0.727. The van der Waals surface area contributed by atoms with Crippen LogP contribution in [0.1, 0.15) is 26.7 Å². The van der Waals surface area contributed by atoms with E-state index in [-0.39, 0.29) is 5.97 Å². The van der Waals surface area contributed by atoms with Crippen molar-refractivity contribution in [3.8, 4) is 0 Å². The molecule has 5 heteroatoms. The van der Waals surface area contributed by atoms with Crippen LogP contribution in [0.2, 0.25) is 0 Å². The first-order valence-electron chi connectivity index (χ1n) is 5.37. The number of hydrogen-bond acceptors (Lipinski definition) is 5. The molecule has 2 fully saturated rings. The molecule has 0 N–H and O–H groups in total. The summed E-state index contributed by atoms with van der Waals surface area (Å²) in [5, 5.41) is 0. The van der Waals surface area contributed by atoms with Gasteiger partial charge in [-0.1, -0.05) is 6.92 Å². The largest absolute Gasteiger partial charge is 0.465 e. The van der Waals surface area contributed by atoms with Gasteiger partial charge in [-0.05, 0) is 19.8 Å². The highest BCUT2D eigenvalue weighted by Crippen LogP contribution is 2.40. The molecule has 0 bridgehead atoms. The second-order valence-corrected chi connectivity index (χ2v) is 4.79. The number of hydrogen-bond donors (Lipinski definition) is 0. The second-order valence-electron chi connectivity index (χ2n) is 4.79. The number of esters is 3. The van der Waals surface area contributed by atoms with Gasteiger partial charge in [0.05, 0.1) is 23.9 Å². The number of carbonyl (C=O) groups excluding carboxylic acids is 3. The van der Waals surface area contributed by atoms with Gasteiger partial charge in [0.2, 0.25) is 0 Å². The summed E-state index contributed by atoms with van der Waals surface area (Å²) in [4.78, 5) is 34.2. The molecule has 0 aliphatic carbocycles. The molecule has 2 heterocycles. The van der Waals surface area contributed by atoms with Gasteiger partial charge in [-0.2, -0.15) is 0 Å². The molecule has 0 spiro atoms. The van der Waals surface area contributed by atoms with Crippen LogP contribution in [0, 0.1) is 17.3 Å². The maximum atomic E-state index is 11.5. The van der Waals surface area contributed by atoms with E-state index in [0.717, 1.165) is 0 Å². The molecule has 88 valence electrons. The van der Waals surface area contributed by atoms with Crippen molar-refractivity contribution in [1.29, 1.82) is 0 Å². The zero-order valence-electron chi connectivity index (χ0n) is 9.32. The summed E-state index contributed by atoms with van der Waals surface area (Å²) in [5.41, 5.74) is -0.650. The lowest BCUT2D eigenvalue weighted by atomic mass is 9.76. The molecule has 0 aromatic carbocycles. The summed E-state index contributed by atoms with van der Waals surface area (Å²) in [5.74, 6) is -2.27. The Morgan fingerprint density at radius 2 is 2.00 bits per heavy atom. The average Bonchev–Trinajstić information content (AvgIpc) is 2.64. The Morgan fingerprint density at radius 3 is 2.44 bits per heavy atom. The molecule has 3 unspecified atom stereocenters. The van der Waals surface area contributed by atoms with Crippen molar-refractivity contribution in [3.63, 3.8) is 0 Å². The summed E-state index contributed by atoms with van der Waals surface area (Å²) in [6, 6.07) is 0. The van der Waals surface area contributed by atoms with Gasteiger partial charge in [0, 0.05) is 0 Å². The fourth-order valence-electron chi connectivity index (χ4n) is 2.21. The maximum Gasteiger partial charge on any atom is 0.317 e.